The molecule has 0 spiro atoms. The summed E-state index contributed by atoms with van der Waals surface area (Å²) in [4.78, 5) is 15.8. The predicted molar refractivity (Wildman–Crippen MR) is 91.1 cm³/mol. The Bertz CT molecular complexity index is 612. The van der Waals surface area contributed by atoms with Crippen LogP contribution in [-0.2, 0) is 11.3 Å². The molecule has 0 aliphatic rings. The van der Waals surface area contributed by atoms with E-state index in [1.54, 1.807) is 12.4 Å². The molecule has 0 aliphatic heterocycles. The van der Waals surface area contributed by atoms with Crippen molar-refractivity contribution in [2.75, 3.05) is 6.61 Å². The van der Waals surface area contributed by atoms with Crippen LogP contribution in [0.5, 0.6) is 5.75 Å². The molecule has 110 valence electrons. The van der Waals surface area contributed by atoms with Crippen molar-refractivity contribution in [3.8, 4) is 5.75 Å². The van der Waals surface area contributed by atoms with Gasteiger partial charge in [-0.1, -0.05) is 22.0 Å². The Morgan fingerprint density at radius 3 is 2.57 bits per heavy atom. The van der Waals surface area contributed by atoms with Crippen LogP contribution in [0.15, 0.2) is 50.1 Å². The van der Waals surface area contributed by atoms with Gasteiger partial charge < -0.3 is 10.1 Å². The van der Waals surface area contributed by atoms with Crippen molar-refractivity contribution >= 4 is 53.7 Å². The number of pyridine rings is 1. The van der Waals surface area contributed by atoms with E-state index in [1.165, 1.54) is 0 Å². The number of carbonyl (C=O) groups is 1. The number of benzene rings is 1. The molecule has 1 N–H and O–H groups in total. The summed E-state index contributed by atoms with van der Waals surface area (Å²) in [6.07, 6.45) is 3.40. The second-order valence-electron chi connectivity index (χ2n) is 4.13. The quantitative estimate of drug-likeness (QED) is 0.705. The van der Waals surface area contributed by atoms with Gasteiger partial charge in [0.1, 0.15) is 5.75 Å². The molecular formula is C14H11Br3N2O2. The van der Waals surface area contributed by atoms with Crippen LogP contribution in [0.25, 0.3) is 0 Å². The van der Waals surface area contributed by atoms with E-state index in [1.807, 2.05) is 24.3 Å². The van der Waals surface area contributed by atoms with Gasteiger partial charge in [-0.05, 0) is 55.6 Å². The van der Waals surface area contributed by atoms with Gasteiger partial charge in [-0.25, -0.2) is 0 Å². The van der Waals surface area contributed by atoms with Crippen LogP contribution < -0.4 is 10.1 Å². The highest BCUT2D eigenvalue weighted by Crippen LogP contribution is 2.36. The third-order valence-electron chi connectivity index (χ3n) is 2.52. The molecule has 1 aromatic heterocycles. The molecule has 0 radical (unpaired) electrons. The van der Waals surface area contributed by atoms with Crippen molar-refractivity contribution in [2.45, 2.75) is 6.54 Å². The lowest BCUT2D eigenvalue weighted by Gasteiger charge is -2.11. The van der Waals surface area contributed by atoms with Gasteiger partial charge in [-0.2, -0.15) is 0 Å². The Kier molecular flexibility index (Phi) is 6.20. The van der Waals surface area contributed by atoms with Crippen LogP contribution >= 0.6 is 47.8 Å². The zero-order valence-corrected chi connectivity index (χ0v) is 15.5. The summed E-state index contributed by atoms with van der Waals surface area (Å²) in [7, 11) is 0. The van der Waals surface area contributed by atoms with Crippen LogP contribution in [0.3, 0.4) is 0 Å². The number of hydrogen-bond acceptors (Lipinski definition) is 3. The summed E-state index contributed by atoms with van der Waals surface area (Å²) >= 11 is 10.2. The van der Waals surface area contributed by atoms with Crippen LogP contribution in [0.4, 0.5) is 0 Å². The van der Waals surface area contributed by atoms with E-state index in [9.17, 15) is 4.79 Å². The molecule has 1 heterocycles. The van der Waals surface area contributed by atoms with Gasteiger partial charge in [0.25, 0.3) is 5.91 Å². The number of hydrogen-bond donors (Lipinski definition) is 1. The Balaban J connectivity index is 1.87. The lowest BCUT2D eigenvalue weighted by molar-refractivity contribution is -0.123. The number of nitrogens with zero attached hydrogens (tertiary/aromatic N) is 1. The second-order valence-corrected chi connectivity index (χ2v) is 6.75. The molecule has 1 amide bonds. The lowest BCUT2D eigenvalue weighted by Crippen LogP contribution is -2.28. The molecule has 0 aliphatic carbocycles. The molecule has 0 unspecified atom stereocenters. The third kappa shape index (κ3) is 5.09. The topological polar surface area (TPSA) is 51.2 Å². The SMILES string of the molecule is O=C(COc1c(Br)cc(Br)cc1Br)NCc1cccnc1. The van der Waals surface area contributed by atoms with E-state index in [2.05, 4.69) is 58.1 Å². The van der Waals surface area contributed by atoms with E-state index < -0.39 is 0 Å². The molecule has 0 saturated carbocycles. The summed E-state index contributed by atoms with van der Waals surface area (Å²) in [6.45, 7) is 0.373. The fourth-order valence-corrected chi connectivity index (χ4v) is 4.05. The molecule has 2 rings (SSSR count). The van der Waals surface area contributed by atoms with Gasteiger partial charge >= 0.3 is 0 Å². The molecular weight excluding hydrogens is 468 g/mol. The largest absolute Gasteiger partial charge is 0.481 e. The number of aromatic nitrogens is 1. The van der Waals surface area contributed by atoms with Crippen LogP contribution in [-0.4, -0.2) is 17.5 Å². The Morgan fingerprint density at radius 2 is 1.95 bits per heavy atom. The summed E-state index contributed by atoms with van der Waals surface area (Å²) in [5, 5.41) is 2.78. The maximum absolute atomic E-state index is 11.8. The van der Waals surface area contributed by atoms with Crippen molar-refractivity contribution in [3.05, 3.63) is 55.6 Å². The zero-order valence-electron chi connectivity index (χ0n) is 10.8. The van der Waals surface area contributed by atoms with Gasteiger partial charge in [-0.3, -0.25) is 9.78 Å². The summed E-state index contributed by atoms with van der Waals surface area (Å²) in [5.74, 6) is 0.398. The minimum Gasteiger partial charge on any atom is -0.481 e. The minimum atomic E-state index is -0.194. The molecule has 0 atom stereocenters. The average Bonchev–Trinajstić information content (AvgIpc) is 2.45. The smallest absolute Gasteiger partial charge is 0.258 e. The van der Waals surface area contributed by atoms with Gasteiger partial charge in [0.2, 0.25) is 0 Å². The highest BCUT2D eigenvalue weighted by Gasteiger charge is 2.10. The first-order valence-electron chi connectivity index (χ1n) is 5.99. The van der Waals surface area contributed by atoms with Crippen LogP contribution in [0.2, 0.25) is 0 Å². The molecule has 0 fully saturated rings. The first-order valence-corrected chi connectivity index (χ1v) is 8.37. The minimum absolute atomic E-state index is 0.0565. The van der Waals surface area contributed by atoms with E-state index >= 15 is 0 Å². The molecule has 2 aromatic rings. The Hall–Kier alpha value is -0.920. The highest BCUT2D eigenvalue weighted by molar-refractivity contribution is 9.11. The van der Waals surface area contributed by atoms with Crippen molar-refractivity contribution in [3.63, 3.8) is 0 Å². The first-order chi connectivity index (χ1) is 10.1. The normalized spacial score (nSPS) is 10.2. The summed E-state index contributed by atoms with van der Waals surface area (Å²) in [5.41, 5.74) is 0.942. The van der Waals surface area contributed by atoms with Crippen LogP contribution in [0, 0.1) is 0 Å². The molecule has 1 aromatic carbocycles. The monoisotopic (exact) mass is 476 g/mol. The van der Waals surface area contributed by atoms with E-state index in [0.29, 0.717) is 12.3 Å². The molecule has 7 heteroatoms. The summed E-state index contributed by atoms with van der Waals surface area (Å²) in [6, 6.07) is 7.44. The van der Waals surface area contributed by atoms with Crippen LogP contribution in [0.1, 0.15) is 5.56 Å². The predicted octanol–water partition coefficient (Wildman–Crippen LogP) is 4.06. The first kappa shape index (κ1) is 16.5. The number of amides is 1. The molecule has 0 bridgehead atoms. The highest BCUT2D eigenvalue weighted by atomic mass is 79.9. The number of rotatable bonds is 5. The Morgan fingerprint density at radius 1 is 1.24 bits per heavy atom. The van der Waals surface area contributed by atoms with Gasteiger partial charge in [0.15, 0.2) is 6.61 Å². The lowest BCUT2D eigenvalue weighted by atomic mass is 10.3. The molecule has 21 heavy (non-hydrogen) atoms. The Labute approximate surface area is 147 Å². The zero-order chi connectivity index (χ0) is 15.2. The van der Waals surface area contributed by atoms with Gasteiger partial charge in [0.05, 0.1) is 8.95 Å². The fourth-order valence-electron chi connectivity index (χ4n) is 1.56. The number of ether oxygens (including phenoxy) is 1. The van der Waals surface area contributed by atoms with Crippen molar-refractivity contribution < 1.29 is 9.53 Å². The van der Waals surface area contributed by atoms with Gasteiger partial charge in [-0.15, -0.1) is 0 Å². The molecule has 0 saturated heterocycles. The van der Waals surface area contributed by atoms with E-state index in [4.69, 9.17) is 4.74 Å². The standard InChI is InChI=1S/C14H11Br3N2O2/c15-10-4-11(16)14(12(17)5-10)21-8-13(20)19-7-9-2-1-3-18-6-9/h1-6H,7-8H2,(H,19,20). The number of halogens is 3. The van der Waals surface area contributed by atoms with Crippen molar-refractivity contribution in [1.29, 1.82) is 0 Å². The maximum atomic E-state index is 11.8. The van der Waals surface area contributed by atoms with Gasteiger partial charge in [0, 0.05) is 23.4 Å². The van der Waals surface area contributed by atoms with E-state index in [-0.39, 0.29) is 12.5 Å². The number of carbonyl (C=O) groups excluding carboxylic acids is 1. The molecule has 4 nitrogen and oxygen atoms in total. The fraction of sp³-hybridized carbons (Fsp3) is 0.143. The number of nitrogens with one attached hydrogen (secondary N) is 1. The van der Waals surface area contributed by atoms with Crippen molar-refractivity contribution in [2.24, 2.45) is 0 Å². The average molecular weight is 479 g/mol. The van der Waals surface area contributed by atoms with Crippen molar-refractivity contribution in [1.82, 2.24) is 10.3 Å². The summed E-state index contributed by atoms with van der Waals surface area (Å²) < 4.78 is 7.98. The third-order valence-corrected chi connectivity index (χ3v) is 4.16. The van der Waals surface area contributed by atoms with E-state index in [0.717, 1.165) is 19.0 Å². The maximum Gasteiger partial charge on any atom is 0.258 e. The second kappa shape index (κ2) is 7.91.